The average molecular weight is 530 g/mol. The number of hydrazone groups is 1. The van der Waals surface area contributed by atoms with Gasteiger partial charge in [0.15, 0.2) is 22.5 Å². The van der Waals surface area contributed by atoms with Gasteiger partial charge in [0.25, 0.3) is 5.91 Å². The largest absolute Gasteiger partial charge is 0.493 e. The fraction of sp³-hybridized carbons (Fsp3) is 0.241. The normalized spacial score (nSPS) is 11.5. The van der Waals surface area contributed by atoms with Crippen LogP contribution in [0.15, 0.2) is 83.1 Å². The summed E-state index contributed by atoms with van der Waals surface area (Å²) in [5.41, 5.74) is 6.51. The van der Waals surface area contributed by atoms with Crippen LogP contribution in [0.25, 0.3) is 17.1 Å². The van der Waals surface area contributed by atoms with E-state index in [9.17, 15) is 4.79 Å². The summed E-state index contributed by atoms with van der Waals surface area (Å²) in [6.07, 6.45) is 1.64. The van der Waals surface area contributed by atoms with Crippen LogP contribution in [-0.2, 0) is 10.2 Å². The van der Waals surface area contributed by atoms with Crippen molar-refractivity contribution in [2.45, 2.75) is 31.3 Å². The summed E-state index contributed by atoms with van der Waals surface area (Å²) in [6, 6.07) is 23.5. The van der Waals surface area contributed by atoms with Crippen LogP contribution in [0.4, 0.5) is 0 Å². The quantitative estimate of drug-likeness (QED) is 0.175. The fourth-order valence-corrected chi connectivity index (χ4v) is 4.49. The number of benzene rings is 3. The van der Waals surface area contributed by atoms with E-state index < -0.39 is 0 Å². The molecule has 0 aliphatic heterocycles. The zero-order chi connectivity index (χ0) is 27.1. The number of hydrogen-bond donors (Lipinski definition) is 1. The molecule has 9 heteroatoms. The van der Waals surface area contributed by atoms with Crippen molar-refractivity contribution in [3.63, 3.8) is 0 Å². The molecular weight excluding hydrogens is 498 g/mol. The van der Waals surface area contributed by atoms with E-state index in [2.05, 4.69) is 53.6 Å². The van der Waals surface area contributed by atoms with E-state index in [0.29, 0.717) is 22.5 Å². The number of carbonyl (C=O) groups is 1. The third kappa shape index (κ3) is 6.41. The Hall–Kier alpha value is -4.11. The standard InChI is InChI=1S/C29H31N5O3S/c1-29(2,3)22-14-11-20(12-15-22)18-30-31-26(35)19-38-28-33-32-27(34(28)23-9-7-6-8-10-23)21-13-16-24(36-4)25(17-21)37-5/h6-18H,19H2,1-5H3,(H,31,35)/b30-18-. The molecule has 4 rings (SSSR count). The predicted molar refractivity (Wildman–Crippen MR) is 152 cm³/mol. The molecule has 0 aliphatic carbocycles. The van der Waals surface area contributed by atoms with Gasteiger partial charge < -0.3 is 9.47 Å². The van der Waals surface area contributed by atoms with E-state index in [1.807, 2.05) is 65.2 Å². The van der Waals surface area contributed by atoms with Crippen molar-refractivity contribution in [2.24, 2.45) is 5.10 Å². The first-order chi connectivity index (χ1) is 18.3. The van der Waals surface area contributed by atoms with Crippen LogP contribution < -0.4 is 14.9 Å². The van der Waals surface area contributed by atoms with Gasteiger partial charge in [-0.15, -0.1) is 10.2 Å². The van der Waals surface area contributed by atoms with E-state index in [1.165, 1.54) is 17.3 Å². The molecule has 1 aromatic heterocycles. The summed E-state index contributed by atoms with van der Waals surface area (Å²) in [4.78, 5) is 12.5. The Morgan fingerprint density at radius 3 is 2.34 bits per heavy atom. The summed E-state index contributed by atoms with van der Waals surface area (Å²) in [5, 5.41) is 13.5. The Morgan fingerprint density at radius 2 is 1.68 bits per heavy atom. The van der Waals surface area contributed by atoms with Gasteiger partial charge in [0, 0.05) is 11.3 Å². The summed E-state index contributed by atoms with van der Waals surface area (Å²) in [6.45, 7) is 6.51. The number of para-hydroxylation sites is 1. The van der Waals surface area contributed by atoms with Gasteiger partial charge in [0.05, 0.1) is 26.2 Å². The molecule has 1 amide bonds. The maximum atomic E-state index is 12.5. The number of amides is 1. The van der Waals surface area contributed by atoms with Gasteiger partial charge in [-0.25, -0.2) is 5.43 Å². The minimum Gasteiger partial charge on any atom is -0.493 e. The molecule has 38 heavy (non-hydrogen) atoms. The zero-order valence-electron chi connectivity index (χ0n) is 22.1. The third-order valence-corrected chi connectivity index (χ3v) is 6.73. The lowest BCUT2D eigenvalue weighted by Gasteiger charge is -2.18. The van der Waals surface area contributed by atoms with E-state index in [1.54, 1.807) is 20.4 Å². The molecule has 1 heterocycles. The highest BCUT2D eigenvalue weighted by Crippen LogP contribution is 2.34. The molecule has 196 valence electrons. The highest BCUT2D eigenvalue weighted by molar-refractivity contribution is 7.99. The molecule has 0 saturated heterocycles. The zero-order valence-corrected chi connectivity index (χ0v) is 23.0. The van der Waals surface area contributed by atoms with E-state index in [0.717, 1.165) is 16.8 Å². The number of nitrogens with one attached hydrogen (secondary N) is 1. The number of ether oxygens (including phenoxy) is 2. The fourth-order valence-electron chi connectivity index (χ4n) is 3.75. The van der Waals surface area contributed by atoms with Crippen LogP contribution in [0.1, 0.15) is 31.9 Å². The van der Waals surface area contributed by atoms with Crippen molar-refractivity contribution >= 4 is 23.9 Å². The van der Waals surface area contributed by atoms with Crippen molar-refractivity contribution in [3.8, 4) is 28.6 Å². The van der Waals surface area contributed by atoms with E-state index in [-0.39, 0.29) is 17.1 Å². The number of methoxy groups -OCH3 is 2. The summed E-state index contributed by atoms with van der Waals surface area (Å²) >= 11 is 1.28. The summed E-state index contributed by atoms with van der Waals surface area (Å²) in [7, 11) is 3.18. The monoisotopic (exact) mass is 529 g/mol. The molecule has 0 aliphatic rings. The molecule has 3 aromatic carbocycles. The van der Waals surface area contributed by atoms with Crippen molar-refractivity contribution < 1.29 is 14.3 Å². The van der Waals surface area contributed by atoms with Gasteiger partial charge in [0.2, 0.25) is 0 Å². The van der Waals surface area contributed by atoms with Crippen molar-refractivity contribution in [1.29, 1.82) is 0 Å². The first-order valence-electron chi connectivity index (χ1n) is 12.1. The lowest BCUT2D eigenvalue weighted by molar-refractivity contribution is -0.118. The smallest absolute Gasteiger partial charge is 0.250 e. The maximum absolute atomic E-state index is 12.5. The molecule has 1 N–H and O–H groups in total. The van der Waals surface area contributed by atoms with Gasteiger partial charge in [0.1, 0.15) is 0 Å². The second-order valence-corrected chi connectivity index (χ2v) is 10.4. The Labute approximate surface area is 227 Å². The topological polar surface area (TPSA) is 90.6 Å². The van der Waals surface area contributed by atoms with Gasteiger partial charge in [-0.05, 0) is 46.9 Å². The van der Waals surface area contributed by atoms with Gasteiger partial charge >= 0.3 is 0 Å². The lowest BCUT2D eigenvalue weighted by atomic mass is 9.87. The number of rotatable bonds is 9. The van der Waals surface area contributed by atoms with Crippen LogP contribution >= 0.6 is 11.8 Å². The highest BCUT2D eigenvalue weighted by Gasteiger charge is 2.19. The van der Waals surface area contributed by atoms with Crippen molar-refractivity contribution in [2.75, 3.05) is 20.0 Å². The van der Waals surface area contributed by atoms with Crippen LogP contribution in [-0.4, -0.2) is 46.9 Å². The van der Waals surface area contributed by atoms with E-state index >= 15 is 0 Å². The lowest BCUT2D eigenvalue weighted by Crippen LogP contribution is -2.20. The molecule has 0 saturated carbocycles. The second kappa shape index (κ2) is 12.0. The first-order valence-corrected chi connectivity index (χ1v) is 13.1. The minimum atomic E-state index is -0.243. The van der Waals surface area contributed by atoms with Crippen LogP contribution in [0.3, 0.4) is 0 Å². The third-order valence-electron chi connectivity index (χ3n) is 5.80. The SMILES string of the molecule is COc1ccc(-c2nnc(SCC(=O)N/N=C\c3ccc(C(C)(C)C)cc3)n2-c2ccccc2)cc1OC. The predicted octanol–water partition coefficient (Wildman–Crippen LogP) is 5.49. The molecule has 0 bridgehead atoms. The first kappa shape index (κ1) is 26.9. The number of aromatic nitrogens is 3. The molecule has 0 unspecified atom stereocenters. The van der Waals surface area contributed by atoms with Gasteiger partial charge in [-0.1, -0.05) is 75.0 Å². The van der Waals surface area contributed by atoms with Crippen LogP contribution in [0.5, 0.6) is 11.5 Å². The van der Waals surface area contributed by atoms with Gasteiger partial charge in [-0.3, -0.25) is 9.36 Å². The minimum absolute atomic E-state index is 0.0841. The summed E-state index contributed by atoms with van der Waals surface area (Å²) < 4.78 is 12.7. The number of hydrogen-bond acceptors (Lipinski definition) is 7. The molecule has 0 atom stereocenters. The molecular formula is C29H31N5O3S. The molecule has 0 fully saturated rings. The van der Waals surface area contributed by atoms with Gasteiger partial charge in [-0.2, -0.15) is 5.10 Å². The van der Waals surface area contributed by atoms with E-state index in [4.69, 9.17) is 9.47 Å². The van der Waals surface area contributed by atoms with Crippen molar-refractivity contribution in [3.05, 3.63) is 83.9 Å². The molecule has 0 radical (unpaired) electrons. The number of carbonyl (C=O) groups excluding carboxylic acids is 1. The van der Waals surface area contributed by atoms with Crippen LogP contribution in [0.2, 0.25) is 0 Å². The molecule has 8 nitrogen and oxygen atoms in total. The Bertz CT molecular complexity index is 1410. The maximum Gasteiger partial charge on any atom is 0.250 e. The highest BCUT2D eigenvalue weighted by atomic mass is 32.2. The number of nitrogens with zero attached hydrogens (tertiary/aromatic N) is 4. The molecule has 0 spiro atoms. The number of thioether (sulfide) groups is 1. The van der Waals surface area contributed by atoms with Crippen LogP contribution in [0, 0.1) is 0 Å². The summed E-state index contributed by atoms with van der Waals surface area (Å²) in [5.74, 6) is 1.72. The Balaban J connectivity index is 1.49. The molecule has 4 aromatic rings. The average Bonchev–Trinajstić information content (AvgIpc) is 3.35. The Morgan fingerprint density at radius 1 is 0.974 bits per heavy atom. The van der Waals surface area contributed by atoms with Crippen molar-refractivity contribution in [1.82, 2.24) is 20.2 Å². The second-order valence-electron chi connectivity index (χ2n) is 9.50. The Kier molecular flexibility index (Phi) is 8.48.